The van der Waals surface area contributed by atoms with E-state index in [4.69, 9.17) is 11.6 Å². The average Bonchev–Trinajstić information content (AvgIpc) is 2.90. The Morgan fingerprint density at radius 2 is 1.62 bits per heavy atom. The van der Waals surface area contributed by atoms with E-state index in [-0.39, 0.29) is 29.0 Å². The number of carbonyl (C=O) groups excluding carboxylic acids is 2. The first-order valence-corrected chi connectivity index (χ1v) is 14.7. The smallest absolute Gasteiger partial charge is 0.264 e. The molecule has 0 aliphatic carbocycles. The van der Waals surface area contributed by atoms with Crippen LogP contribution in [-0.2, 0) is 26.2 Å². The Bertz CT molecular complexity index is 1410. The van der Waals surface area contributed by atoms with Gasteiger partial charge < -0.3 is 10.2 Å². The summed E-state index contributed by atoms with van der Waals surface area (Å²) in [6.07, 6.45) is 0. The van der Waals surface area contributed by atoms with Crippen molar-refractivity contribution in [1.29, 1.82) is 0 Å². The maximum Gasteiger partial charge on any atom is 0.264 e. The van der Waals surface area contributed by atoms with Crippen LogP contribution in [0, 0.1) is 19.8 Å². The fraction of sp³-hybridized carbons (Fsp3) is 0.333. The molecular formula is C30H36ClN3O4S. The van der Waals surface area contributed by atoms with Crippen LogP contribution in [0.25, 0.3) is 0 Å². The SMILES string of the molecule is Cc1cccc(CN(C(=O)CN(c2ccc(C)c(Cl)c2)S(=O)(=O)c2ccccc2)[C@H](C)C(=O)NCC(C)C)c1. The molecule has 0 aliphatic rings. The highest BCUT2D eigenvalue weighted by Crippen LogP contribution is 2.28. The lowest BCUT2D eigenvalue weighted by Crippen LogP contribution is -2.51. The molecule has 0 fully saturated rings. The van der Waals surface area contributed by atoms with Crippen LogP contribution in [0.5, 0.6) is 0 Å². The zero-order chi connectivity index (χ0) is 28.7. The number of aryl methyl sites for hydroxylation is 2. The van der Waals surface area contributed by atoms with Crippen LogP contribution >= 0.6 is 11.6 Å². The standard InChI is InChI=1S/C30H36ClN3O4S/c1-21(2)18-32-30(36)24(5)33(19-25-11-9-10-22(3)16-25)29(35)20-34(26-15-14-23(4)28(31)17-26)39(37,38)27-12-7-6-8-13-27/h6-17,21,24H,18-20H2,1-5H3,(H,32,36)/t24-/m1/s1. The zero-order valence-corrected chi connectivity index (χ0v) is 24.6. The third-order valence-corrected chi connectivity index (χ3v) is 8.54. The highest BCUT2D eigenvalue weighted by atomic mass is 35.5. The van der Waals surface area contributed by atoms with Gasteiger partial charge in [0.05, 0.1) is 10.6 Å². The number of anilines is 1. The van der Waals surface area contributed by atoms with Gasteiger partial charge in [0.15, 0.2) is 0 Å². The first-order valence-electron chi connectivity index (χ1n) is 12.9. The fourth-order valence-corrected chi connectivity index (χ4v) is 5.63. The quantitative estimate of drug-likeness (QED) is 0.338. The van der Waals surface area contributed by atoms with Gasteiger partial charge in [0, 0.05) is 18.1 Å². The minimum absolute atomic E-state index is 0.0439. The molecule has 7 nitrogen and oxygen atoms in total. The maximum absolute atomic E-state index is 13.9. The van der Waals surface area contributed by atoms with Crippen LogP contribution in [0.2, 0.25) is 5.02 Å². The normalized spacial score (nSPS) is 12.2. The van der Waals surface area contributed by atoms with Gasteiger partial charge in [-0.2, -0.15) is 0 Å². The minimum atomic E-state index is -4.13. The van der Waals surface area contributed by atoms with Gasteiger partial charge in [-0.3, -0.25) is 13.9 Å². The van der Waals surface area contributed by atoms with Crippen molar-refractivity contribution in [3.05, 3.63) is 94.5 Å². The molecule has 3 rings (SSSR count). The number of nitrogens with one attached hydrogen (secondary N) is 1. The topological polar surface area (TPSA) is 86.8 Å². The first kappa shape index (κ1) is 30.2. The van der Waals surface area contributed by atoms with Crippen molar-refractivity contribution in [2.45, 2.75) is 52.1 Å². The Morgan fingerprint density at radius 1 is 0.923 bits per heavy atom. The van der Waals surface area contributed by atoms with E-state index in [2.05, 4.69) is 5.32 Å². The van der Waals surface area contributed by atoms with E-state index >= 15 is 0 Å². The van der Waals surface area contributed by atoms with Crippen molar-refractivity contribution in [1.82, 2.24) is 10.2 Å². The molecule has 208 valence electrons. The van der Waals surface area contributed by atoms with Crippen molar-refractivity contribution >= 4 is 39.1 Å². The molecule has 3 aromatic rings. The van der Waals surface area contributed by atoms with Gasteiger partial charge in [-0.25, -0.2) is 8.42 Å². The molecule has 2 amide bonds. The molecule has 0 unspecified atom stereocenters. The summed E-state index contributed by atoms with van der Waals surface area (Å²) in [6.45, 7) is 9.49. The third-order valence-electron chi connectivity index (χ3n) is 6.34. The van der Waals surface area contributed by atoms with E-state index in [9.17, 15) is 18.0 Å². The number of hydrogen-bond donors (Lipinski definition) is 1. The van der Waals surface area contributed by atoms with Crippen molar-refractivity contribution < 1.29 is 18.0 Å². The summed E-state index contributed by atoms with van der Waals surface area (Å²) < 4.78 is 28.7. The number of sulfonamides is 1. The van der Waals surface area contributed by atoms with E-state index in [0.717, 1.165) is 21.0 Å². The van der Waals surface area contributed by atoms with E-state index in [1.165, 1.54) is 23.1 Å². The molecule has 0 bridgehead atoms. The van der Waals surface area contributed by atoms with Crippen molar-refractivity contribution in [3.8, 4) is 0 Å². The fourth-order valence-electron chi connectivity index (χ4n) is 4.03. The minimum Gasteiger partial charge on any atom is -0.354 e. The number of amides is 2. The molecule has 9 heteroatoms. The largest absolute Gasteiger partial charge is 0.354 e. The van der Waals surface area contributed by atoms with Crippen molar-refractivity contribution in [3.63, 3.8) is 0 Å². The number of hydrogen-bond acceptors (Lipinski definition) is 4. The molecular weight excluding hydrogens is 534 g/mol. The Kier molecular flexibility index (Phi) is 10.2. The summed E-state index contributed by atoms with van der Waals surface area (Å²) in [7, 11) is -4.13. The lowest BCUT2D eigenvalue weighted by molar-refractivity contribution is -0.139. The second-order valence-electron chi connectivity index (χ2n) is 10.1. The summed E-state index contributed by atoms with van der Waals surface area (Å²) in [5.41, 5.74) is 2.89. The number of halogens is 1. The van der Waals surface area contributed by atoms with Crippen molar-refractivity contribution in [2.75, 3.05) is 17.4 Å². The second-order valence-corrected chi connectivity index (χ2v) is 12.4. The summed E-state index contributed by atoms with van der Waals surface area (Å²) >= 11 is 6.36. The zero-order valence-electron chi connectivity index (χ0n) is 23.0. The van der Waals surface area contributed by atoms with Gasteiger partial charge in [-0.05, 0) is 62.1 Å². The van der Waals surface area contributed by atoms with E-state index in [1.54, 1.807) is 37.3 Å². The van der Waals surface area contributed by atoms with Crippen LogP contribution in [0.4, 0.5) is 5.69 Å². The van der Waals surface area contributed by atoms with Crippen molar-refractivity contribution in [2.24, 2.45) is 5.92 Å². The molecule has 39 heavy (non-hydrogen) atoms. The van der Waals surface area contributed by atoms with E-state index < -0.39 is 28.5 Å². The Labute approximate surface area is 236 Å². The van der Waals surface area contributed by atoms with Crippen LogP contribution < -0.4 is 9.62 Å². The summed E-state index contributed by atoms with van der Waals surface area (Å²) in [6, 6.07) is 19.6. The number of rotatable bonds is 11. The van der Waals surface area contributed by atoms with Gasteiger partial charge in [-0.1, -0.05) is 79.5 Å². The third kappa shape index (κ3) is 7.83. The lowest BCUT2D eigenvalue weighted by atomic mass is 10.1. The Morgan fingerprint density at radius 3 is 2.23 bits per heavy atom. The molecule has 3 aromatic carbocycles. The highest BCUT2D eigenvalue weighted by molar-refractivity contribution is 7.92. The molecule has 0 heterocycles. The van der Waals surface area contributed by atoms with Crippen LogP contribution in [0.15, 0.2) is 77.7 Å². The average molecular weight is 570 g/mol. The van der Waals surface area contributed by atoms with Crippen LogP contribution in [0.1, 0.15) is 37.5 Å². The van der Waals surface area contributed by atoms with Gasteiger partial charge in [0.1, 0.15) is 12.6 Å². The molecule has 0 saturated heterocycles. The van der Waals surface area contributed by atoms with Gasteiger partial charge in [0.25, 0.3) is 10.0 Å². The lowest BCUT2D eigenvalue weighted by Gasteiger charge is -2.32. The van der Waals surface area contributed by atoms with Crippen LogP contribution in [-0.4, -0.2) is 44.3 Å². The van der Waals surface area contributed by atoms with Gasteiger partial charge >= 0.3 is 0 Å². The predicted octanol–water partition coefficient (Wildman–Crippen LogP) is 5.34. The number of nitrogens with zero attached hydrogens (tertiary/aromatic N) is 2. The Hall–Kier alpha value is -3.36. The monoisotopic (exact) mass is 569 g/mol. The summed E-state index contributed by atoms with van der Waals surface area (Å²) in [5, 5.41) is 3.27. The molecule has 1 N–H and O–H groups in total. The molecule has 0 spiro atoms. The van der Waals surface area contributed by atoms with E-state index in [0.29, 0.717) is 11.6 Å². The molecule has 0 radical (unpaired) electrons. The van der Waals surface area contributed by atoms with Gasteiger partial charge in [0.2, 0.25) is 11.8 Å². The van der Waals surface area contributed by atoms with Crippen LogP contribution in [0.3, 0.4) is 0 Å². The first-order chi connectivity index (χ1) is 18.4. The highest BCUT2D eigenvalue weighted by Gasteiger charge is 2.32. The molecule has 0 aromatic heterocycles. The van der Waals surface area contributed by atoms with E-state index in [1.807, 2.05) is 52.0 Å². The number of carbonyl (C=O) groups is 2. The maximum atomic E-state index is 13.9. The summed E-state index contributed by atoms with van der Waals surface area (Å²) in [5.74, 6) is -0.583. The molecule has 0 saturated carbocycles. The summed E-state index contributed by atoms with van der Waals surface area (Å²) in [4.78, 5) is 28.5. The second kappa shape index (κ2) is 13.1. The van der Waals surface area contributed by atoms with Gasteiger partial charge in [-0.15, -0.1) is 0 Å². The predicted molar refractivity (Wildman–Crippen MR) is 156 cm³/mol. The Balaban J connectivity index is 2.03. The number of benzene rings is 3. The molecule has 0 aliphatic heterocycles. The molecule has 1 atom stereocenters.